The van der Waals surface area contributed by atoms with Crippen LogP contribution in [0.2, 0.25) is 0 Å². The smallest absolute Gasteiger partial charge is 0.416 e. The zero-order chi connectivity index (χ0) is 38.8. The molecule has 7 nitrogen and oxygen atoms in total. The lowest BCUT2D eigenvalue weighted by atomic mass is 9.48. The van der Waals surface area contributed by atoms with E-state index in [1.165, 1.54) is 38.0 Å². The third-order valence-corrected chi connectivity index (χ3v) is 13.1. The summed E-state index contributed by atoms with van der Waals surface area (Å²) in [6.07, 6.45) is 2.07. The number of nitrogens with zero attached hydrogens (tertiary/aromatic N) is 2. The van der Waals surface area contributed by atoms with Gasteiger partial charge in [-0.3, -0.25) is 14.5 Å². The largest absolute Gasteiger partial charge is 0.483 e. The lowest BCUT2D eigenvalue weighted by molar-refractivity contribution is -0.201. The maximum absolute atomic E-state index is 14.9. The van der Waals surface area contributed by atoms with Gasteiger partial charge in [0, 0.05) is 43.6 Å². The number of carbonyl (C=O) groups is 2. The third-order valence-electron chi connectivity index (χ3n) is 13.1. The summed E-state index contributed by atoms with van der Waals surface area (Å²) in [7, 11) is 0. The molecule has 2 bridgehead atoms. The van der Waals surface area contributed by atoms with Gasteiger partial charge in [0.05, 0.1) is 22.6 Å². The van der Waals surface area contributed by atoms with Crippen LogP contribution in [0, 0.1) is 5.92 Å². The van der Waals surface area contributed by atoms with E-state index in [2.05, 4.69) is 4.90 Å². The molecule has 5 aliphatic rings. The number of ether oxygens (including phenoxy) is 2. The Morgan fingerprint density at radius 1 is 0.964 bits per heavy atom. The highest BCUT2D eigenvalue weighted by atomic mass is 19.4. The van der Waals surface area contributed by atoms with E-state index < -0.39 is 40.9 Å². The van der Waals surface area contributed by atoms with Crippen LogP contribution in [0.4, 0.5) is 13.2 Å². The molecule has 4 aromatic carbocycles. The van der Waals surface area contributed by atoms with Gasteiger partial charge < -0.3 is 19.5 Å². The number of likely N-dealkylation sites (tertiary alicyclic amines) is 1. The van der Waals surface area contributed by atoms with Gasteiger partial charge in [-0.05, 0) is 97.5 Å². The van der Waals surface area contributed by atoms with Gasteiger partial charge in [0.2, 0.25) is 5.91 Å². The van der Waals surface area contributed by atoms with E-state index in [0.29, 0.717) is 43.1 Å². The lowest BCUT2D eigenvalue weighted by Crippen LogP contribution is -2.78. The molecule has 9 rings (SSSR count). The minimum atomic E-state index is -4.53. The summed E-state index contributed by atoms with van der Waals surface area (Å²) in [6.45, 7) is 3.29. The van der Waals surface area contributed by atoms with Crippen LogP contribution < -0.4 is 9.47 Å². The number of hydrogen-bond donors (Lipinski definition) is 1. The average molecular weight is 763 g/mol. The summed E-state index contributed by atoms with van der Waals surface area (Å²) >= 11 is 0. The summed E-state index contributed by atoms with van der Waals surface area (Å²) in [5, 5.41) is 13.3. The third kappa shape index (κ3) is 6.22. The van der Waals surface area contributed by atoms with Crippen LogP contribution in [0.15, 0.2) is 103 Å². The van der Waals surface area contributed by atoms with Crippen LogP contribution in [0.3, 0.4) is 0 Å². The second-order valence-electron chi connectivity index (χ2n) is 16.3. The molecule has 5 atom stereocenters. The summed E-state index contributed by atoms with van der Waals surface area (Å²) in [4.78, 5) is 31.6. The monoisotopic (exact) mass is 762 g/mol. The lowest BCUT2D eigenvalue weighted by Gasteiger charge is -2.65. The minimum absolute atomic E-state index is 0.145. The first kappa shape index (κ1) is 36.7. The van der Waals surface area contributed by atoms with Crippen LogP contribution in [0.1, 0.15) is 78.3 Å². The highest BCUT2D eigenvalue weighted by Crippen LogP contribution is 2.66. The molecule has 1 amide bonds. The molecule has 1 spiro atoms. The molecular weight excluding hydrogens is 718 g/mol. The van der Waals surface area contributed by atoms with E-state index in [4.69, 9.17) is 9.47 Å². The zero-order valence-corrected chi connectivity index (χ0v) is 31.3. The SMILES string of the molecule is CC(=O)Oc1ccc2c3c1OC1C(N(CC(c4ccccc4)c4ccccc4)C(=O)/C=C/c4cccc(C(F)(F)F)c4)CC[C@@]4(O)[C@@H](C2)N(CC2CC2)CC[C@]314. The molecule has 2 heterocycles. The number of alkyl halides is 3. The number of benzene rings is 4. The van der Waals surface area contributed by atoms with E-state index in [9.17, 15) is 27.9 Å². The zero-order valence-electron chi connectivity index (χ0n) is 31.3. The van der Waals surface area contributed by atoms with Crippen LogP contribution in [-0.4, -0.2) is 70.2 Å². The molecule has 3 aliphatic carbocycles. The predicted octanol–water partition coefficient (Wildman–Crippen LogP) is 7.94. The van der Waals surface area contributed by atoms with Crippen molar-refractivity contribution in [2.45, 2.75) is 86.7 Å². The number of aliphatic hydroxyl groups is 1. The highest BCUT2D eigenvalue weighted by molar-refractivity contribution is 5.92. The van der Waals surface area contributed by atoms with Gasteiger partial charge in [0.15, 0.2) is 11.5 Å². The molecule has 2 saturated carbocycles. The molecule has 10 heteroatoms. The summed E-state index contributed by atoms with van der Waals surface area (Å²) in [5.74, 6) is 0.279. The number of carbonyl (C=O) groups excluding carboxylic acids is 2. The molecule has 4 aromatic rings. The Hall–Kier alpha value is -4.93. The molecule has 2 unspecified atom stereocenters. The second-order valence-corrected chi connectivity index (χ2v) is 16.3. The van der Waals surface area contributed by atoms with Crippen molar-refractivity contribution in [1.82, 2.24) is 9.80 Å². The Bertz CT molecular complexity index is 2130. The molecule has 0 aromatic heterocycles. The fourth-order valence-electron chi connectivity index (χ4n) is 10.4. The Balaban J connectivity index is 1.16. The van der Waals surface area contributed by atoms with Crippen molar-refractivity contribution in [3.8, 4) is 11.5 Å². The fraction of sp³-hybridized carbons (Fsp3) is 0.391. The van der Waals surface area contributed by atoms with Gasteiger partial charge in [-0.2, -0.15) is 13.2 Å². The Kier molecular flexibility index (Phi) is 9.12. The van der Waals surface area contributed by atoms with Crippen molar-refractivity contribution in [2.24, 2.45) is 5.92 Å². The van der Waals surface area contributed by atoms with Crippen LogP contribution in [-0.2, 0) is 27.6 Å². The van der Waals surface area contributed by atoms with E-state index in [-0.39, 0.29) is 30.0 Å². The quantitative estimate of drug-likeness (QED) is 0.101. The normalized spacial score (nSPS) is 26.5. The first-order chi connectivity index (χ1) is 27.0. The van der Waals surface area contributed by atoms with E-state index in [0.717, 1.165) is 47.5 Å². The fourth-order valence-corrected chi connectivity index (χ4v) is 10.4. The van der Waals surface area contributed by atoms with Crippen molar-refractivity contribution in [2.75, 3.05) is 19.6 Å². The van der Waals surface area contributed by atoms with Crippen LogP contribution in [0.25, 0.3) is 6.08 Å². The molecule has 1 N–H and O–H groups in total. The van der Waals surface area contributed by atoms with Gasteiger partial charge in [-0.15, -0.1) is 0 Å². The van der Waals surface area contributed by atoms with Crippen molar-refractivity contribution in [3.05, 3.63) is 137 Å². The Labute approximate surface area is 324 Å². The summed E-state index contributed by atoms with van der Waals surface area (Å²) in [5.41, 5.74) is 1.35. The molecule has 290 valence electrons. The highest BCUT2D eigenvalue weighted by Gasteiger charge is 2.73. The van der Waals surface area contributed by atoms with Crippen LogP contribution >= 0.6 is 0 Å². The number of rotatable bonds is 10. The van der Waals surface area contributed by atoms with Gasteiger partial charge in [0.1, 0.15) is 6.10 Å². The topological polar surface area (TPSA) is 79.3 Å². The Morgan fingerprint density at radius 3 is 2.34 bits per heavy atom. The molecule has 3 fully saturated rings. The van der Waals surface area contributed by atoms with Gasteiger partial charge in [0.25, 0.3) is 0 Å². The number of piperidine rings is 1. The molecule has 2 aliphatic heterocycles. The van der Waals surface area contributed by atoms with Gasteiger partial charge >= 0.3 is 12.1 Å². The van der Waals surface area contributed by atoms with Gasteiger partial charge in [-0.1, -0.05) is 78.9 Å². The maximum atomic E-state index is 14.9. The van der Waals surface area contributed by atoms with Crippen LogP contribution in [0.5, 0.6) is 11.5 Å². The first-order valence-electron chi connectivity index (χ1n) is 19.7. The van der Waals surface area contributed by atoms with E-state index in [1.807, 2.05) is 71.6 Å². The Morgan fingerprint density at radius 2 is 1.68 bits per heavy atom. The van der Waals surface area contributed by atoms with Crippen molar-refractivity contribution >= 4 is 18.0 Å². The van der Waals surface area contributed by atoms with Crippen molar-refractivity contribution in [1.29, 1.82) is 0 Å². The average Bonchev–Trinajstić information content (AvgIpc) is 3.94. The molecule has 56 heavy (non-hydrogen) atoms. The summed E-state index contributed by atoms with van der Waals surface area (Å²) < 4.78 is 53.8. The summed E-state index contributed by atoms with van der Waals surface area (Å²) in [6, 6.07) is 28.0. The number of esters is 1. The van der Waals surface area contributed by atoms with Gasteiger partial charge in [-0.25, -0.2) is 0 Å². The number of amides is 1. The van der Waals surface area contributed by atoms with E-state index >= 15 is 0 Å². The number of halogens is 3. The van der Waals surface area contributed by atoms with Crippen molar-refractivity contribution < 1.29 is 37.3 Å². The van der Waals surface area contributed by atoms with Crippen molar-refractivity contribution in [3.63, 3.8) is 0 Å². The number of hydrogen-bond acceptors (Lipinski definition) is 6. The molecular formula is C46H45F3N2O5. The van der Waals surface area contributed by atoms with E-state index in [1.54, 1.807) is 12.1 Å². The minimum Gasteiger partial charge on any atom is -0.483 e. The first-order valence-corrected chi connectivity index (χ1v) is 19.7. The maximum Gasteiger partial charge on any atom is 0.416 e. The second kappa shape index (κ2) is 13.9. The predicted molar refractivity (Wildman–Crippen MR) is 205 cm³/mol. The standard InChI is InChI=1S/C46H45F3N2O5/c1-29(52)55-38-19-18-34-26-39-45(54)22-21-37(43-44(45,41(34)42(38)56-43)23-24-50(39)27-31-15-16-31)51(40(53)20-17-30-9-8-14-35(25-30)46(47,48)49)28-36(32-10-4-2-5-11-32)33-12-6-3-7-13-33/h2-14,17-20,25,31,36-37,39,43,54H,15-16,21-24,26-28H2,1H3/b20-17+/t37?,39-,43?,44+,45-/m1/s1. The molecule has 1 saturated heterocycles. The molecule has 0 radical (unpaired) electrons.